The Labute approximate surface area is 84.7 Å². The number of nitrogens with two attached hydrogens (primary N) is 1. The highest BCUT2D eigenvalue weighted by Crippen LogP contribution is 2.25. The molecule has 3 nitrogen and oxygen atoms in total. The molecule has 0 bridgehead atoms. The fourth-order valence-electron chi connectivity index (χ4n) is 2.29. The van der Waals surface area contributed by atoms with Crippen molar-refractivity contribution in [3.63, 3.8) is 0 Å². The minimum atomic E-state index is 0.439. The van der Waals surface area contributed by atoms with Gasteiger partial charge in [-0.3, -0.25) is 0 Å². The summed E-state index contributed by atoms with van der Waals surface area (Å²) in [5.41, 5.74) is 6.51. The van der Waals surface area contributed by atoms with Gasteiger partial charge in [0.05, 0.1) is 5.69 Å². The Kier molecular flexibility index (Phi) is 3.07. The molecule has 0 aromatic carbocycles. The van der Waals surface area contributed by atoms with E-state index in [-0.39, 0.29) is 0 Å². The molecule has 2 rings (SSSR count). The molecule has 3 heteroatoms. The van der Waals surface area contributed by atoms with Crippen molar-refractivity contribution in [2.45, 2.75) is 44.9 Å². The molecule has 1 fully saturated rings. The quantitative estimate of drug-likeness (QED) is 0.736. The predicted molar refractivity (Wildman–Crippen MR) is 55.8 cm³/mol. The summed E-state index contributed by atoms with van der Waals surface area (Å²) >= 11 is 0. The Morgan fingerprint density at radius 3 is 2.57 bits per heavy atom. The molecule has 1 saturated carbocycles. The van der Waals surface area contributed by atoms with E-state index in [1.165, 1.54) is 38.5 Å². The first kappa shape index (κ1) is 9.56. The minimum absolute atomic E-state index is 0.439. The first-order chi connectivity index (χ1) is 6.84. The van der Waals surface area contributed by atoms with Gasteiger partial charge in [0.25, 0.3) is 0 Å². The van der Waals surface area contributed by atoms with Gasteiger partial charge < -0.3 is 10.3 Å². The Morgan fingerprint density at radius 1 is 1.29 bits per heavy atom. The molecular formula is C11H18N2O. The third kappa shape index (κ3) is 2.50. The summed E-state index contributed by atoms with van der Waals surface area (Å²) in [6, 6.07) is 1.85. The Balaban J connectivity index is 1.89. The molecular weight excluding hydrogens is 176 g/mol. The van der Waals surface area contributed by atoms with Crippen molar-refractivity contribution in [1.29, 1.82) is 0 Å². The van der Waals surface area contributed by atoms with E-state index in [2.05, 4.69) is 5.16 Å². The van der Waals surface area contributed by atoms with Crippen LogP contribution in [0.25, 0.3) is 0 Å². The minimum Gasteiger partial charge on any atom is -0.368 e. The highest BCUT2D eigenvalue weighted by Gasteiger charge is 2.14. The van der Waals surface area contributed by atoms with Crippen LogP contribution in [0.15, 0.2) is 10.6 Å². The van der Waals surface area contributed by atoms with Gasteiger partial charge in [-0.25, -0.2) is 0 Å². The number of hydrogen-bond acceptors (Lipinski definition) is 3. The molecule has 1 aliphatic carbocycles. The predicted octanol–water partition coefficient (Wildman–Crippen LogP) is 2.77. The van der Waals surface area contributed by atoms with Crippen LogP contribution in [0.3, 0.4) is 0 Å². The number of nitrogen functional groups attached to an aromatic ring is 1. The van der Waals surface area contributed by atoms with E-state index >= 15 is 0 Å². The fourth-order valence-corrected chi connectivity index (χ4v) is 2.29. The summed E-state index contributed by atoms with van der Waals surface area (Å²) in [4.78, 5) is 0. The van der Waals surface area contributed by atoms with E-state index in [9.17, 15) is 0 Å². The molecule has 1 aliphatic rings. The van der Waals surface area contributed by atoms with Crippen molar-refractivity contribution in [3.8, 4) is 0 Å². The summed E-state index contributed by atoms with van der Waals surface area (Å²) in [6.45, 7) is 0. The molecule has 2 N–H and O–H groups in total. The van der Waals surface area contributed by atoms with Gasteiger partial charge >= 0.3 is 0 Å². The summed E-state index contributed by atoms with van der Waals surface area (Å²) in [5.74, 6) is 1.23. The van der Waals surface area contributed by atoms with Crippen molar-refractivity contribution >= 4 is 5.88 Å². The molecule has 0 radical (unpaired) electrons. The van der Waals surface area contributed by atoms with Crippen LogP contribution in [0.2, 0.25) is 0 Å². The summed E-state index contributed by atoms with van der Waals surface area (Å²) in [5, 5.41) is 3.94. The zero-order valence-corrected chi connectivity index (χ0v) is 8.54. The summed E-state index contributed by atoms with van der Waals surface area (Å²) < 4.78 is 4.87. The van der Waals surface area contributed by atoms with Crippen LogP contribution < -0.4 is 5.73 Å². The van der Waals surface area contributed by atoms with Crippen molar-refractivity contribution in [3.05, 3.63) is 11.8 Å². The largest absolute Gasteiger partial charge is 0.368 e. The number of rotatable bonds is 2. The zero-order chi connectivity index (χ0) is 9.80. The monoisotopic (exact) mass is 194 g/mol. The molecule has 0 spiro atoms. The van der Waals surface area contributed by atoms with Crippen LogP contribution in [0, 0.1) is 5.92 Å². The Hall–Kier alpha value is -0.990. The highest BCUT2D eigenvalue weighted by molar-refractivity contribution is 5.24. The lowest BCUT2D eigenvalue weighted by Gasteiger charge is -2.10. The van der Waals surface area contributed by atoms with Crippen LogP contribution in [-0.2, 0) is 6.42 Å². The van der Waals surface area contributed by atoms with Gasteiger partial charge in [0.2, 0.25) is 5.88 Å². The van der Waals surface area contributed by atoms with Crippen molar-refractivity contribution < 1.29 is 4.52 Å². The van der Waals surface area contributed by atoms with E-state index in [0.29, 0.717) is 5.88 Å². The standard InChI is InChI=1S/C11H18N2O/c12-11-8-10(13-14-11)7-9-5-3-1-2-4-6-9/h8-9H,1-7,12H2. The molecule has 1 aromatic rings. The van der Waals surface area contributed by atoms with Crippen LogP contribution in [0.4, 0.5) is 5.88 Å². The maximum Gasteiger partial charge on any atom is 0.222 e. The lowest BCUT2D eigenvalue weighted by atomic mass is 9.95. The van der Waals surface area contributed by atoms with Crippen LogP contribution in [-0.4, -0.2) is 5.16 Å². The molecule has 0 aliphatic heterocycles. The second kappa shape index (κ2) is 4.49. The molecule has 1 heterocycles. The van der Waals surface area contributed by atoms with E-state index in [1.54, 1.807) is 0 Å². The van der Waals surface area contributed by atoms with Crippen LogP contribution >= 0.6 is 0 Å². The first-order valence-electron chi connectivity index (χ1n) is 5.55. The number of anilines is 1. The van der Waals surface area contributed by atoms with E-state index < -0.39 is 0 Å². The number of aromatic nitrogens is 1. The van der Waals surface area contributed by atoms with Gasteiger partial charge in [-0.1, -0.05) is 43.7 Å². The van der Waals surface area contributed by atoms with Gasteiger partial charge in [0, 0.05) is 6.07 Å². The first-order valence-corrected chi connectivity index (χ1v) is 5.55. The van der Waals surface area contributed by atoms with E-state index in [0.717, 1.165) is 18.0 Å². The second-order valence-electron chi connectivity index (χ2n) is 4.28. The van der Waals surface area contributed by atoms with Gasteiger partial charge in [0.1, 0.15) is 0 Å². The van der Waals surface area contributed by atoms with Crippen molar-refractivity contribution in [1.82, 2.24) is 5.16 Å². The third-order valence-electron chi connectivity index (χ3n) is 3.05. The molecule has 1 aromatic heterocycles. The molecule has 0 amide bonds. The van der Waals surface area contributed by atoms with Gasteiger partial charge in [-0.05, 0) is 12.3 Å². The zero-order valence-electron chi connectivity index (χ0n) is 8.54. The summed E-state index contributed by atoms with van der Waals surface area (Å²) in [7, 11) is 0. The fraction of sp³-hybridized carbons (Fsp3) is 0.727. The smallest absolute Gasteiger partial charge is 0.222 e. The number of nitrogens with zero attached hydrogens (tertiary/aromatic N) is 1. The van der Waals surface area contributed by atoms with E-state index in [4.69, 9.17) is 10.3 Å². The molecule has 14 heavy (non-hydrogen) atoms. The maximum atomic E-state index is 5.49. The topological polar surface area (TPSA) is 52.0 Å². The molecule has 0 atom stereocenters. The molecule has 0 unspecified atom stereocenters. The van der Waals surface area contributed by atoms with Crippen LogP contribution in [0.1, 0.15) is 44.2 Å². The lowest BCUT2D eigenvalue weighted by Crippen LogP contribution is -2.03. The third-order valence-corrected chi connectivity index (χ3v) is 3.05. The van der Waals surface area contributed by atoms with Crippen molar-refractivity contribution in [2.75, 3.05) is 5.73 Å². The van der Waals surface area contributed by atoms with Gasteiger partial charge in [-0.15, -0.1) is 0 Å². The average molecular weight is 194 g/mol. The van der Waals surface area contributed by atoms with E-state index in [1.807, 2.05) is 6.07 Å². The molecule has 78 valence electrons. The lowest BCUT2D eigenvalue weighted by molar-refractivity contribution is 0.403. The number of hydrogen-bond donors (Lipinski definition) is 1. The maximum absolute atomic E-state index is 5.49. The van der Waals surface area contributed by atoms with Crippen LogP contribution in [0.5, 0.6) is 0 Å². The molecule has 0 saturated heterocycles. The summed E-state index contributed by atoms with van der Waals surface area (Å²) in [6.07, 6.45) is 9.27. The van der Waals surface area contributed by atoms with Crippen molar-refractivity contribution in [2.24, 2.45) is 5.92 Å². The second-order valence-corrected chi connectivity index (χ2v) is 4.28. The normalized spacial score (nSPS) is 19.4. The highest BCUT2D eigenvalue weighted by atomic mass is 16.5. The average Bonchev–Trinajstić information content (AvgIpc) is 2.43. The Bertz CT molecular complexity index is 275. The SMILES string of the molecule is Nc1cc(CC2CCCCCC2)no1. The van der Waals surface area contributed by atoms with Gasteiger partial charge in [0.15, 0.2) is 0 Å². The Morgan fingerprint density at radius 2 is 2.00 bits per heavy atom. The van der Waals surface area contributed by atoms with Gasteiger partial charge in [-0.2, -0.15) is 0 Å².